The number of nitrogens with two attached hydrogens (primary N) is 1. The summed E-state index contributed by atoms with van der Waals surface area (Å²) >= 11 is 9.17. The van der Waals surface area contributed by atoms with Crippen LogP contribution in [-0.2, 0) is 0 Å². The van der Waals surface area contributed by atoms with Gasteiger partial charge in [0.1, 0.15) is 5.69 Å². The third-order valence-electron chi connectivity index (χ3n) is 2.83. The maximum Gasteiger partial charge on any atom is 0.295 e. The van der Waals surface area contributed by atoms with Crippen molar-refractivity contribution in [2.24, 2.45) is 0 Å². The molecule has 17 heavy (non-hydrogen) atoms. The fourth-order valence-corrected chi connectivity index (χ4v) is 2.97. The maximum atomic E-state index is 11.1. The Bertz CT molecular complexity index is 475. The van der Waals surface area contributed by atoms with Crippen molar-refractivity contribution in [3.05, 3.63) is 25.7 Å². The summed E-state index contributed by atoms with van der Waals surface area (Å²) in [5.41, 5.74) is 6.67. The molecule has 1 fully saturated rings. The summed E-state index contributed by atoms with van der Waals surface area (Å²) in [5, 5.41) is 11.3. The molecule has 0 spiro atoms. The van der Waals surface area contributed by atoms with E-state index in [-0.39, 0.29) is 10.7 Å². The minimum Gasteiger partial charge on any atom is -0.397 e. The normalized spacial score (nSPS) is 15.3. The molecular formula is C10H11BrClN3O2. The molecule has 1 heterocycles. The van der Waals surface area contributed by atoms with Gasteiger partial charge in [-0.1, -0.05) is 11.6 Å². The van der Waals surface area contributed by atoms with E-state index in [2.05, 4.69) is 15.9 Å². The number of anilines is 2. The molecule has 0 aromatic heterocycles. The summed E-state index contributed by atoms with van der Waals surface area (Å²) in [6.45, 7) is 1.61. The first-order valence-electron chi connectivity index (χ1n) is 5.19. The monoisotopic (exact) mass is 319 g/mol. The average Bonchev–Trinajstić information content (AvgIpc) is 2.78. The lowest BCUT2D eigenvalue weighted by molar-refractivity contribution is -0.384. The zero-order valence-corrected chi connectivity index (χ0v) is 11.3. The van der Waals surface area contributed by atoms with Crippen LogP contribution >= 0.6 is 27.5 Å². The summed E-state index contributed by atoms with van der Waals surface area (Å²) in [7, 11) is 0. The van der Waals surface area contributed by atoms with E-state index in [0.29, 0.717) is 15.8 Å². The molecule has 0 radical (unpaired) electrons. The van der Waals surface area contributed by atoms with Gasteiger partial charge in [0.15, 0.2) is 0 Å². The molecule has 1 aromatic carbocycles. The van der Waals surface area contributed by atoms with Gasteiger partial charge in [0.05, 0.1) is 20.1 Å². The maximum absolute atomic E-state index is 11.1. The molecular weight excluding hydrogens is 309 g/mol. The van der Waals surface area contributed by atoms with Gasteiger partial charge in [-0.15, -0.1) is 0 Å². The van der Waals surface area contributed by atoms with E-state index in [0.717, 1.165) is 25.9 Å². The number of nitrogen functional groups attached to an aromatic ring is 1. The van der Waals surface area contributed by atoms with Crippen LogP contribution < -0.4 is 10.6 Å². The molecule has 1 aliphatic heterocycles. The third kappa shape index (κ3) is 2.19. The number of halogens is 2. The van der Waals surface area contributed by atoms with Gasteiger partial charge in [0.2, 0.25) is 0 Å². The molecule has 1 aromatic rings. The second-order valence-corrected chi connectivity index (χ2v) is 5.11. The van der Waals surface area contributed by atoms with Gasteiger partial charge in [-0.05, 0) is 28.8 Å². The van der Waals surface area contributed by atoms with E-state index < -0.39 is 4.92 Å². The largest absolute Gasteiger partial charge is 0.397 e. The molecule has 92 valence electrons. The topological polar surface area (TPSA) is 72.4 Å². The van der Waals surface area contributed by atoms with Crippen molar-refractivity contribution in [1.29, 1.82) is 0 Å². The molecule has 5 nitrogen and oxygen atoms in total. The summed E-state index contributed by atoms with van der Waals surface area (Å²) in [4.78, 5) is 12.6. The molecule has 0 bridgehead atoms. The lowest BCUT2D eigenvalue weighted by Crippen LogP contribution is -2.20. The standard InChI is InChI=1S/C10H11BrClN3O2/c11-8-9(13)6(12)5-7(15(16)17)10(8)14-3-1-2-4-14/h5H,1-4,13H2. The zero-order valence-electron chi connectivity index (χ0n) is 8.95. The van der Waals surface area contributed by atoms with Crippen molar-refractivity contribution in [1.82, 2.24) is 0 Å². The van der Waals surface area contributed by atoms with E-state index in [1.165, 1.54) is 6.07 Å². The van der Waals surface area contributed by atoms with Crippen LogP contribution in [0.3, 0.4) is 0 Å². The van der Waals surface area contributed by atoms with Crippen LogP contribution in [0.15, 0.2) is 10.5 Å². The first kappa shape index (κ1) is 12.4. The summed E-state index contributed by atoms with van der Waals surface area (Å²) in [5.74, 6) is 0. The van der Waals surface area contributed by atoms with Crippen molar-refractivity contribution in [3.63, 3.8) is 0 Å². The Morgan fingerprint density at radius 3 is 2.59 bits per heavy atom. The lowest BCUT2D eigenvalue weighted by Gasteiger charge is -2.20. The zero-order chi connectivity index (χ0) is 12.6. The molecule has 0 amide bonds. The number of benzene rings is 1. The Kier molecular flexibility index (Phi) is 3.44. The SMILES string of the molecule is Nc1c(Cl)cc([N+](=O)[O-])c(N2CCCC2)c1Br. The number of hydrogen-bond acceptors (Lipinski definition) is 4. The van der Waals surface area contributed by atoms with Gasteiger partial charge in [-0.25, -0.2) is 0 Å². The van der Waals surface area contributed by atoms with Crippen molar-refractivity contribution in [2.75, 3.05) is 23.7 Å². The molecule has 2 N–H and O–H groups in total. The van der Waals surface area contributed by atoms with Gasteiger partial charge < -0.3 is 10.6 Å². The Morgan fingerprint density at radius 1 is 1.47 bits per heavy atom. The quantitative estimate of drug-likeness (QED) is 0.516. The molecule has 0 saturated carbocycles. The number of nitrogens with zero attached hydrogens (tertiary/aromatic N) is 2. The minimum absolute atomic E-state index is 0.00187. The number of hydrogen-bond donors (Lipinski definition) is 1. The van der Waals surface area contributed by atoms with Gasteiger partial charge in [0.25, 0.3) is 5.69 Å². The smallest absolute Gasteiger partial charge is 0.295 e. The molecule has 2 rings (SSSR count). The van der Waals surface area contributed by atoms with Crippen molar-refractivity contribution in [3.8, 4) is 0 Å². The molecule has 0 unspecified atom stereocenters. The van der Waals surface area contributed by atoms with Crippen LogP contribution in [0.25, 0.3) is 0 Å². The van der Waals surface area contributed by atoms with Crippen molar-refractivity contribution in [2.45, 2.75) is 12.8 Å². The highest BCUT2D eigenvalue weighted by Crippen LogP contribution is 2.44. The van der Waals surface area contributed by atoms with Crippen LogP contribution in [0.1, 0.15) is 12.8 Å². The second kappa shape index (κ2) is 4.70. The molecule has 0 aliphatic carbocycles. The van der Waals surface area contributed by atoms with E-state index >= 15 is 0 Å². The molecule has 1 saturated heterocycles. The van der Waals surface area contributed by atoms with E-state index in [9.17, 15) is 10.1 Å². The fourth-order valence-electron chi connectivity index (χ4n) is 1.99. The van der Waals surface area contributed by atoms with Gasteiger partial charge in [0, 0.05) is 19.2 Å². The second-order valence-electron chi connectivity index (χ2n) is 3.91. The number of nitro benzene ring substituents is 1. The third-order valence-corrected chi connectivity index (χ3v) is 3.94. The Morgan fingerprint density at radius 2 is 2.06 bits per heavy atom. The average molecular weight is 321 g/mol. The lowest BCUT2D eigenvalue weighted by atomic mass is 10.2. The van der Waals surface area contributed by atoms with Crippen LogP contribution in [0.5, 0.6) is 0 Å². The summed E-state index contributed by atoms with van der Waals surface area (Å²) < 4.78 is 0.513. The first-order chi connectivity index (χ1) is 8.02. The summed E-state index contributed by atoms with van der Waals surface area (Å²) in [6, 6.07) is 1.31. The van der Waals surface area contributed by atoms with E-state index in [1.807, 2.05) is 4.90 Å². The predicted molar refractivity (Wildman–Crippen MR) is 71.7 cm³/mol. The molecule has 1 aliphatic rings. The molecule has 0 atom stereocenters. The van der Waals surface area contributed by atoms with Crippen molar-refractivity contribution < 1.29 is 4.92 Å². The van der Waals surface area contributed by atoms with E-state index in [1.54, 1.807) is 0 Å². The Balaban J connectivity index is 2.61. The highest BCUT2D eigenvalue weighted by molar-refractivity contribution is 9.10. The van der Waals surface area contributed by atoms with Crippen LogP contribution in [0, 0.1) is 10.1 Å². The van der Waals surface area contributed by atoms with Crippen LogP contribution in [0.4, 0.5) is 17.1 Å². The Labute approximate surface area is 112 Å². The van der Waals surface area contributed by atoms with Crippen molar-refractivity contribution >= 4 is 44.6 Å². The van der Waals surface area contributed by atoms with E-state index in [4.69, 9.17) is 17.3 Å². The number of nitro groups is 1. The van der Waals surface area contributed by atoms with Crippen LogP contribution in [0.2, 0.25) is 5.02 Å². The van der Waals surface area contributed by atoms with Gasteiger partial charge >= 0.3 is 0 Å². The van der Waals surface area contributed by atoms with Gasteiger partial charge in [-0.3, -0.25) is 10.1 Å². The minimum atomic E-state index is -0.427. The predicted octanol–water partition coefficient (Wildman–Crippen LogP) is 3.19. The first-order valence-corrected chi connectivity index (χ1v) is 6.36. The highest BCUT2D eigenvalue weighted by atomic mass is 79.9. The number of rotatable bonds is 2. The summed E-state index contributed by atoms with van der Waals surface area (Å²) in [6.07, 6.45) is 2.07. The molecule has 7 heteroatoms. The van der Waals surface area contributed by atoms with Gasteiger partial charge in [-0.2, -0.15) is 0 Å². The van der Waals surface area contributed by atoms with Crippen LogP contribution in [-0.4, -0.2) is 18.0 Å². The Hall–Kier alpha value is -1.01. The fraction of sp³-hybridized carbons (Fsp3) is 0.400. The highest BCUT2D eigenvalue weighted by Gasteiger charge is 2.27.